The van der Waals surface area contributed by atoms with Crippen LogP contribution in [0.1, 0.15) is 23.6 Å². The van der Waals surface area contributed by atoms with Crippen LogP contribution in [-0.2, 0) is 30.3 Å². The standard InChI is InChI=1S/C17H23NO5/c1-12-6-5-7-13(2)15(12)8-9-18(10-17(21)22-4)16(20)11-23-14(3)19/h5-7H,8-11H2,1-4H3. The zero-order valence-electron chi connectivity index (χ0n) is 14.0. The van der Waals surface area contributed by atoms with Gasteiger partial charge in [0.05, 0.1) is 7.11 Å². The Balaban J connectivity index is 2.77. The summed E-state index contributed by atoms with van der Waals surface area (Å²) < 4.78 is 9.33. The third-order valence-corrected chi connectivity index (χ3v) is 3.58. The van der Waals surface area contributed by atoms with Crippen LogP contribution in [-0.4, -0.2) is 49.6 Å². The lowest BCUT2D eigenvalue weighted by Gasteiger charge is -2.22. The predicted octanol–water partition coefficient (Wildman–Crippen LogP) is 1.41. The van der Waals surface area contributed by atoms with Crippen molar-refractivity contribution in [2.24, 2.45) is 0 Å². The molecule has 0 fully saturated rings. The normalized spacial score (nSPS) is 10.1. The van der Waals surface area contributed by atoms with Gasteiger partial charge >= 0.3 is 11.9 Å². The Morgan fingerprint density at radius 2 is 1.74 bits per heavy atom. The first-order valence-corrected chi connectivity index (χ1v) is 7.38. The van der Waals surface area contributed by atoms with Gasteiger partial charge in [0.25, 0.3) is 5.91 Å². The maximum atomic E-state index is 12.1. The highest BCUT2D eigenvalue weighted by molar-refractivity contribution is 5.84. The fourth-order valence-electron chi connectivity index (χ4n) is 2.26. The van der Waals surface area contributed by atoms with Crippen molar-refractivity contribution in [1.82, 2.24) is 4.90 Å². The Hall–Kier alpha value is -2.37. The van der Waals surface area contributed by atoms with Crippen molar-refractivity contribution in [3.63, 3.8) is 0 Å². The quantitative estimate of drug-likeness (QED) is 0.710. The lowest BCUT2D eigenvalue weighted by molar-refractivity contribution is -0.153. The van der Waals surface area contributed by atoms with Gasteiger partial charge in [-0.05, 0) is 37.0 Å². The van der Waals surface area contributed by atoms with Crippen LogP contribution in [0, 0.1) is 13.8 Å². The molecule has 126 valence electrons. The number of amides is 1. The van der Waals surface area contributed by atoms with Crippen molar-refractivity contribution in [3.05, 3.63) is 34.9 Å². The Bertz CT molecular complexity index is 562. The largest absolute Gasteiger partial charge is 0.468 e. The van der Waals surface area contributed by atoms with Gasteiger partial charge in [0.1, 0.15) is 6.54 Å². The average molecular weight is 321 g/mol. The molecule has 6 heteroatoms. The van der Waals surface area contributed by atoms with E-state index in [1.54, 1.807) is 0 Å². The maximum Gasteiger partial charge on any atom is 0.325 e. The molecule has 1 aromatic carbocycles. The zero-order valence-corrected chi connectivity index (χ0v) is 14.0. The first-order chi connectivity index (χ1) is 10.8. The molecule has 0 heterocycles. The van der Waals surface area contributed by atoms with Gasteiger partial charge in [-0.15, -0.1) is 0 Å². The van der Waals surface area contributed by atoms with E-state index in [1.807, 2.05) is 32.0 Å². The molecule has 0 radical (unpaired) electrons. The predicted molar refractivity (Wildman–Crippen MR) is 84.8 cm³/mol. The zero-order chi connectivity index (χ0) is 17.4. The highest BCUT2D eigenvalue weighted by Crippen LogP contribution is 2.14. The SMILES string of the molecule is COC(=O)CN(CCc1c(C)cccc1C)C(=O)COC(C)=O. The molecule has 1 rings (SSSR count). The number of methoxy groups -OCH3 is 1. The van der Waals surface area contributed by atoms with E-state index >= 15 is 0 Å². The summed E-state index contributed by atoms with van der Waals surface area (Å²) in [6.07, 6.45) is 0.612. The van der Waals surface area contributed by atoms with Gasteiger partial charge in [0.15, 0.2) is 6.61 Å². The van der Waals surface area contributed by atoms with Gasteiger partial charge in [-0.25, -0.2) is 0 Å². The van der Waals surface area contributed by atoms with Gasteiger partial charge in [-0.2, -0.15) is 0 Å². The molecule has 0 atom stereocenters. The molecule has 1 amide bonds. The summed E-state index contributed by atoms with van der Waals surface area (Å²) in [7, 11) is 1.27. The van der Waals surface area contributed by atoms with Gasteiger partial charge in [-0.1, -0.05) is 18.2 Å². The number of rotatable bonds is 7. The van der Waals surface area contributed by atoms with Gasteiger partial charge in [0.2, 0.25) is 0 Å². The van der Waals surface area contributed by atoms with Crippen molar-refractivity contribution < 1.29 is 23.9 Å². The molecule has 0 aliphatic heterocycles. The smallest absolute Gasteiger partial charge is 0.325 e. The number of benzene rings is 1. The molecular formula is C17H23NO5. The first-order valence-electron chi connectivity index (χ1n) is 7.38. The summed E-state index contributed by atoms with van der Waals surface area (Å²) in [5.74, 6) is -1.47. The molecule has 0 aliphatic carbocycles. The molecule has 0 aromatic heterocycles. The average Bonchev–Trinajstić information content (AvgIpc) is 2.50. The molecule has 0 N–H and O–H groups in total. The van der Waals surface area contributed by atoms with E-state index in [-0.39, 0.29) is 13.2 Å². The van der Waals surface area contributed by atoms with E-state index in [1.165, 1.54) is 18.9 Å². The number of hydrogen-bond donors (Lipinski definition) is 0. The molecule has 0 bridgehead atoms. The van der Waals surface area contributed by atoms with Crippen molar-refractivity contribution in [1.29, 1.82) is 0 Å². The van der Waals surface area contributed by atoms with E-state index in [9.17, 15) is 14.4 Å². The van der Waals surface area contributed by atoms with Crippen LogP contribution in [0.15, 0.2) is 18.2 Å². The molecule has 1 aromatic rings. The lowest BCUT2D eigenvalue weighted by Crippen LogP contribution is -2.40. The second kappa shape index (κ2) is 8.92. The number of hydrogen-bond acceptors (Lipinski definition) is 5. The Kier molecular flexibility index (Phi) is 7.25. The maximum absolute atomic E-state index is 12.1. The van der Waals surface area contributed by atoms with Crippen LogP contribution in [0.4, 0.5) is 0 Å². The number of carbonyl (C=O) groups is 3. The molecule has 0 saturated carbocycles. The van der Waals surface area contributed by atoms with E-state index in [4.69, 9.17) is 4.74 Å². The van der Waals surface area contributed by atoms with Crippen LogP contribution in [0.2, 0.25) is 0 Å². The van der Waals surface area contributed by atoms with E-state index in [2.05, 4.69) is 4.74 Å². The number of esters is 2. The molecule has 23 heavy (non-hydrogen) atoms. The fraction of sp³-hybridized carbons (Fsp3) is 0.471. The molecule has 6 nitrogen and oxygen atoms in total. The summed E-state index contributed by atoms with van der Waals surface area (Å²) >= 11 is 0. The highest BCUT2D eigenvalue weighted by Gasteiger charge is 2.19. The van der Waals surface area contributed by atoms with Crippen molar-refractivity contribution in [3.8, 4) is 0 Å². The number of carbonyl (C=O) groups excluding carboxylic acids is 3. The topological polar surface area (TPSA) is 72.9 Å². The summed E-state index contributed by atoms with van der Waals surface area (Å²) in [5.41, 5.74) is 3.41. The second-order valence-electron chi connectivity index (χ2n) is 5.29. The minimum atomic E-state index is -0.536. The Morgan fingerprint density at radius 1 is 1.13 bits per heavy atom. The van der Waals surface area contributed by atoms with Crippen LogP contribution in [0.25, 0.3) is 0 Å². The van der Waals surface area contributed by atoms with Crippen molar-refractivity contribution >= 4 is 17.8 Å². The minimum absolute atomic E-state index is 0.165. The van der Waals surface area contributed by atoms with E-state index < -0.39 is 17.8 Å². The number of ether oxygens (including phenoxy) is 2. The number of aryl methyl sites for hydroxylation is 2. The van der Waals surface area contributed by atoms with Gasteiger partial charge in [-0.3, -0.25) is 14.4 Å². The van der Waals surface area contributed by atoms with Crippen molar-refractivity contribution in [2.75, 3.05) is 26.8 Å². The molecular weight excluding hydrogens is 298 g/mol. The monoisotopic (exact) mass is 321 g/mol. The van der Waals surface area contributed by atoms with Crippen LogP contribution < -0.4 is 0 Å². The molecule has 0 aliphatic rings. The third-order valence-electron chi connectivity index (χ3n) is 3.58. The van der Waals surface area contributed by atoms with Crippen LogP contribution in [0.5, 0.6) is 0 Å². The summed E-state index contributed by atoms with van der Waals surface area (Å²) in [5, 5.41) is 0. The lowest BCUT2D eigenvalue weighted by atomic mass is 10.00. The fourth-order valence-corrected chi connectivity index (χ4v) is 2.26. The van der Waals surface area contributed by atoms with E-state index in [0.29, 0.717) is 13.0 Å². The summed E-state index contributed by atoms with van der Waals surface area (Å²) in [4.78, 5) is 35.8. The Labute approximate surface area is 136 Å². The van der Waals surface area contributed by atoms with E-state index in [0.717, 1.165) is 16.7 Å². The first kappa shape index (κ1) is 18.7. The molecule has 0 spiro atoms. The number of nitrogens with zero attached hydrogens (tertiary/aromatic N) is 1. The summed E-state index contributed by atoms with van der Waals surface area (Å²) in [6, 6.07) is 5.99. The third kappa shape index (κ3) is 6.10. The minimum Gasteiger partial charge on any atom is -0.468 e. The Morgan fingerprint density at radius 3 is 2.26 bits per heavy atom. The van der Waals surface area contributed by atoms with Crippen LogP contribution in [0.3, 0.4) is 0 Å². The van der Waals surface area contributed by atoms with Crippen LogP contribution >= 0.6 is 0 Å². The van der Waals surface area contributed by atoms with Gasteiger partial charge in [0, 0.05) is 13.5 Å². The highest BCUT2D eigenvalue weighted by atomic mass is 16.5. The second-order valence-corrected chi connectivity index (χ2v) is 5.29. The summed E-state index contributed by atoms with van der Waals surface area (Å²) in [6.45, 7) is 5.05. The van der Waals surface area contributed by atoms with Gasteiger partial charge < -0.3 is 14.4 Å². The molecule has 0 unspecified atom stereocenters. The van der Waals surface area contributed by atoms with Crippen molar-refractivity contribution in [2.45, 2.75) is 27.2 Å². The molecule has 0 saturated heterocycles.